The van der Waals surface area contributed by atoms with Gasteiger partial charge in [-0.25, -0.2) is 13.1 Å². The van der Waals surface area contributed by atoms with Crippen molar-refractivity contribution < 1.29 is 13.2 Å². The highest BCUT2D eigenvalue weighted by Crippen LogP contribution is 2.21. The van der Waals surface area contributed by atoms with Crippen LogP contribution in [0, 0.1) is 0 Å². The fraction of sp³-hybridized carbons (Fsp3) is 0.316. The molecule has 3 rings (SSSR count). The van der Waals surface area contributed by atoms with Gasteiger partial charge in [0.1, 0.15) is 5.75 Å². The second-order valence-corrected chi connectivity index (χ2v) is 8.85. The Balaban J connectivity index is 1.64. The van der Waals surface area contributed by atoms with Crippen molar-refractivity contribution in [3.05, 3.63) is 57.7 Å². The third-order valence-electron chi connectivity index (χ3n) is 4.36. The minimum atomic E-state index is -3.60. The van der Waals surface area contributed by atoms with Crippen molar-refractivity contribution in [2.24, 2.45) is 0 Å². The lowest BCUT2D eigenvalue weighted by Gasteiger charge is -2.08. The van der Waals surface area contributed by atoms with Crippen LogP contribution in [0.25, 0.3) is 10.2 Å². The zero-order valence-electron chi connectivity index (χ0n) is 15.3. The molecule has 0 saturated heterocycles. The fourth-order valence-corrected chi connectivity index (χ4v) is 5.06. The van der Waals surface area contributed by atoms with Gasteiger partial charge in [0.05, 0.1) is 22.2 Å². The quantitative estimate of drug-likeness (QED) is 0.584. The van der Waals surface area contributed by atoms with Crippen molar-refractivity contribution in [1.82, 2.24) is 9.29 Å². The number of thiazole rings is 1. The monoisotopic (exact) mass is 406 g/mol. The molecule has 0 spiro atoms. The van der Waals surface area contributed by atoms with Gasteiger partial charge in [0.2, 0.25) is 10.0 Å². The average Bonchev–Trinajstić information content (AvgIpc) is 2.99. The molecule has 2 aromatic carbocycles. The van der Waals surface area contributed by atoms with Crippen molar-refractivity contribution in [3.8, 4) is 5.75 Å². The molecule has 1 N–H and O–H groups in total. The van der Waals surface area contributed by atoms with Crippen LogP contribution in [0.2, 0.25) is 0 Å². The Hall–Kier alpha value is -2.16. The molecular weight excluding hydrogens is 384 g/mol. The molecule has 0 radical (unpaired) electrons. The van der Waals surface area contributed by atoms with Gasteiger partial charge in [-0.05, 0) is 55.7 Å². The van der Waals surface area contributed by atoms with E-state index in [0.717, 1.165) is 34.6 Å². The number of sulfonamides is 1. The Morgan fingerprint density at radius 3 is 2.56 bits per heavy atom. The number of ether oxygens (including phenoxy) is 1. The molecule has 0 unspecified atom stereocenters. The standard InChI is InChI=1S/C19H22N2O4S2/c1-3-21-17-11-10-16(13-18(17)26-19(21)22)27(23,24)20-12-4-5-14-6-8-15(25-2)9-7-14/h6-11,13,20H,3-5,12H2,1-2H3. The zero-order chi connectivity index (χ0) is 19.4. The van der Waals surface area contributed by atoms with Gasteiger partial charge in [-0.15, -0.1) is 0 Å². The van der Waals surface area contributed by atoms with Gasteiger partial charge in [0, 0.05) is 13.1 Å². The van der Waals surface area contributed by atoms with Crippen molar-refractivity contribution in [1.29, 1.82) is 0 Å². The normalized spacial score (nSPS) is 11.8. The van der Waals surface area contributed by atoms with Gasteiger partial charge >= 0.3 is 4.87 Å². The van der Waals surface area contributed by atoms with Crippen LogP contribution in [0.3, 0.4) is 0 Å². The number of rotatable bonds is 8. The van der Waals surface area contributed by atoms with Crippen molar-refractivity contribution in [2.45, 2.75) is 31.2 Å². The van der Waals surface area contributed by atoms with Crippen LogP contribution in [-0.2, 0) is 23.0 Å². The third kappa shape index (κ3) is 4.40. The second kappa shape index (κ2) is 8.24. The van der Waals surface area contributed by atoms with Crippen LogP contribution in [0.4, 0.5) is 0 Å². The Labute approximate surface area is 162 Å². The van der Waals surface area contributed by atoms with E-state index in [0.29, 0.717) is 24.2 Å². The van der Waals surface area contributed by atoms with E-state index in [4.69, 9.17) is 4.74 Å². The highest BCUT2D eigenvalue weighted by molar-refractivity contribution is 7.89. The van der Waals surface area contributed by atoms with E-state index in [1.165, 1.54) is 0 Å². The van der Waals surface area contributed by atoms with E-state index in [9.17, 15) is 13.2 Å². The summed E-state index contributed by atoms with van der Waals surface area (Å²) in [6.07, 6.45) is 1.46. The number of hydrogen-bond acceptors (Lipinski definition) is 5. The van der Waals surface area contributed by atoms with Crippen molar-refractivity contribution in [2.75, 3.05) is 13.7 Å². The molecule has 144 valence electrons. The summed E-state index contributed by atoms with van der Waals surface area (Å²) in [5.74, 6) is 0.800. The summed E-state index contributed by atoms with van der Waals surface area (Å²) < 4.78 is 35.1. The first-order valence-electron chi connectivity index (χ1n) is 8.70. The topological polar surface area (TPSA) is 77.4 Å². The Kier molecular flexibility index (Phi) is 5.98. The minimum Gasteiger partial charge on any atom is -0.497 e. The number of methoxy groups -OCH3 is 1. The number of fused-ring (bicyclic) bond motifs is 1. The van der Waals surface area contributed by atoms with Gasteiger partial charge in [-0.2, -0.15) is 0 Å². The molecule has 0 atom stereocenters. The molecule has 0 aliphatic rings. The van der Waals surface area contributed by atoms with E-state index >= 15 is 0 Å². The summed E-state index contributed by atoms with van der Waals surface area (Å²) >= 11 is 1.07. The largest absolute Gasteiger partial charge is 0.497 e. The molecule has 3 aromatic rings. The maximum absolute atomic E-state index is 12.5. The summed E-state index contributed by atoms with van der Waals surface area (Å²) in [6, 6.07) is 12.5. The maximum atomic E-state index is 12.5. The van der Waals surface area contributed by atoms with Gasteiger partial charge in [0.15, 0.2) is 0 Å². The molecule has 1 heterocycles. The number of aryl methyl sites for hydroxylation is 2. The molecule has 1 aromatic heterocycles. The zero-order valence-corrected chi connectivity index (χ0v) is 16.9. The van der Waals surface area contributed by atoms with Crippen LogP contribution in [0.5, 0.6) is 5.75 Å². The molecule has 0 bridgehead atoms. The Bertz CT molecular complexity index is 1080. The number of nitrogens with one attached hydrogen (secondary N) is 1. The van der Waals surface area contributed by atoms with Crippen molar-refractivity contribution >= 4 is 31.6 Å². The first kappa shape index (κ1) is 19.6. The molecule has 8 heteroatoms. The number of benzene rings is 2. The number of aromatic nitrogens is 1. The summed E-state index contributed by atoms with van der Waals surface area (Å²) in [5, 5.41) is 0. The lowest BCUT2D eigenvalue weighted by atomic mass is 10.1. The SMILES string of the molecule is CCn1c(=O)sc2cc(S(=O)(=O)NCCCc3ccc(OC)cc3)ccc21. The van der Waals surface area contributed by atoms with Crippen LogP contribution in [-0.4, -0.2) is 26.6 Å². The van der Waals surface area contributed by atoms with Gasteiger partial charge < -0.3 is 4.74 Å². The average molecular weight is 407 g/mol. The van der Waals surface area contributed by atoms with E-state index < -0.39 is 10.0 Å². The predicted molar refractivity (Wildman–Crippen MR) is 108 cm³/mol. The van der Waals surface area contributed by atoms with Crippen LogP contribution in [0.15, 0.2) is 52.2 Å². The van der Waals surface area contributed by atoms with Crippen LogP contribution < -0.4 is 14.3 Å². The number of nitrogens with zero attached hydrogens (tertiary/aromatic N) is 1. The third-order valence-corrected chi connectivity index (χ3v) is 6.76. The molecule has 27 heavy (non-hydrogen) atoms. The highest BCUT2D eigenvalue weighted by Gasteiger charge is 2.16. The molecule has 0 aliphatic heterocycles. The van der Waals surface area contributed by atoms with Gasteiger partial charge in [-0.1, -0.05) is 23.5 Å². The first-order valence-corrected chi connectivity index (χ1v) is 11.0. The first-order chi connectivity index (χ1) is 12.9. The Morgan fingerprint density at radius 1 is 1.15 bits per heavy atom. The summed E-state index contributed by atoms with van der Waals surface area (Å²) in [7, 11) is -1.98. The Morgan fingerprint density at radius 2 is 1.89 bits per heavy atom. The molecule has 0 amide bonds. The minimum absolute atomic E-state index is 0.0745. The van der Waals surface area contributed by atoms with E-state index in [1.807, 2.05) is 31.2 Å². The van der Waals surface area contributed by atoms with Crippen LogP contribution in [0.1, 0.15) is 18.9 Å². The molecule has 0 fully saturated rings. The molecule has 0 saturated carbocycles. The van der Waals surface area contributed by atoms with E-state index in [-0.39, 0.29) is 9.77 Å². The summed E-state index contributed by atoms with van der Waals surface area (Å²) in [4.78, 5) is 12.0. The second-order valence-electron chi connectivity index (χ2n) is 6.09. The molecular formula is C19H22N2O4S2. The summed E-state index contributed by atoms with van der Waals surface area (Å²) in [6.45, 7) is 2.80. The fourth-order valence-electron chi connectivity index (χ4n) is 2.89. The number of hydrogen-bond donors (Lipinski definition) is 1. The van der Waals surface area contributed by atoms with Gasteiger partial charge in [-0.3, -0.25) is 9.36 Å². The lowest BCUT2D eigenvalue weighted by molar-refractivity contribution is 0.414. The van der Waals surface area contributed by atoms with Crippen LogP contribution >= 0.6 is 11.3 Å². The lowest BCUT2D eigenvalue weighted by Crippen LogP contribution is -2.25. The maximum Gasteiger partial charge on any atom is 0.308 e. The molecule has 6 nitrogen and oxygen atoms in total. The van der Waals surface area contributed by atoms with E-state index in [1.54, 1.807) is 29.9 Å². The molecule has 0 aliphatic carbocycles. The van der Waals surface area contributed by atoms with Gasteiger partial charge in [0.25, 0.3) is 0 Å². The smallest absolute Gasteiger partial charge is 0.308 e. The van der Waals surface area contributed by atoms with Crippen molar-refractivity contribution in [3.63, 3.8) is 0 Å². The summed E-state index contributed by atoms with van der Waals surface area (Å²) in [5.41, 5.74) is 1.90. The van der Waals surface area contributed by atoms with E-state index in [2.05, 4.69) is 4.72 Å². The highest BCUT2D eigenvalue weighted by atomic mass is 32.2. The predicted octanol–water partition coefficient (Wildman–Crippen LogP) is 3.00.